The molecule has 4 aromatic rings. The van der Waals surface area contributed by atoms with Gasteiger partial charge in [0.15, 0.2) is 0 Å². The summed E-state index contributed by atoms with van der Waals surface area (Å²) in [6.45, 7) is 1.99. The number of aromatic nitrogens is 1. The van der Waals surface area contributed by atoms with Crippen LogP contribution in [0.5, 0.6) is 0 Å². The average Bonchev–Trinajstić information content (AvgIpc) is 2.98. The van der Waals surface area contributed by atoms with Crippen molar-refractivity contribution >= 4 is 23.6 Å². The smallest absolute Gasteiger partial charge is 0.548 e. The van der Waals surface area contributed by atoms with Gasteiger partial charge in [0.1, 0.15) is 6.10 Å². The first kappa shape index (κ1) is 32.2. The molecule has 6 nitrogen and oxygen atoms in total. The Kier molecular flexibility index (Phi) is 12.2. The first-order valence-corrected chi connectivity index (χ1v) is 14.6. The number of aliphatic hydroxyl groups excluding tert-OH is 1. The Morgan fingerprint density at radius 2 is 1.71 bits per heavy atom. The van der Waals surface area contributed by atoms with E-state index in [0.29, 0.717) is 24.2 Å². The summed E-state index contributed by atoms with van der Waals surface area (Å²) in [4.78, 5) is 29.3. The van der Waals surface area contributed by atoms with Crippen LogP contribution in [0.15, 0.2) is 91.3 Å². The number of thioether (sulfide) groups is 1. The molecule has 0 fully saturated rings. The Morgan fingerprint density at radius 3 is 2.41 bits per heavy atom. The van der Waals surface area contributed by atoms with Gasteiger partial charge in [-0.3, -0.25) is 9.78 Å². The standard InChI is InChI=1S/C33H34N2O4S.Li/c1-22-8-6-7-11-26(22)29-20-23(13-15-28(29)32(37)35-30(33(38)39)17-19-40-2)12-14-25-21-34-18-16-27(25)31(36)24-9-4-3-5-10-24;/h3-11,13,15-16,18,20-21,30-31,36H,12,14,17,19H2,1-2H3,(H,35,37)(H,38,39);/q;+1/p-1/t30-,31?;/m0./s1. The van der Waals surface area contributed by atoms with E-state index in [1.165, 1.54) is 11.8 Å². The van der Waals surface area contributed by atoms with Gasteiger partial charge in [0, 0.05) is 18.0 Å². The molecule has 206 valence electrons. The van der Waals surface area contributed by atoms with Gasteiger partial charge >= 0.3 is 18.9 Å². The van der Waals surface area contributed by atoms with Gasteiger partial charge in [0.2, 0.25) is 0 Å². The number of nitrogens with one attached hydrogen (secondary N) is 1. The maximum atomic E-state index is 13.3. The van der Waals surface area contributed by atoms with Gasteiger partial charge in [0.25, 0.3) is 5.91 Å². The van der Waals surface area contributed by atoms with Crippen molar-refractivity contribution in [2.24, 2.45) is 0 Å². The van der Waals surface area contributed by atoms with Crippen LogP contribution >= 0.6 is 11.8 Å². The third kappa shape index (κ3) is 8.34. The van der Waals surface area contributed by atoms with Gasteiger partial charge in [0.05, 0.1) is 12.0 Å². The molecule has 0 radical (unpaired) electrons. The van der Waals surface area contributed by atoms with Crippen molar-refractivity contribution in [2.75, 3.05) is 12.0 Å². The largest absolute Gasteiger partial charge is 1.00 e. The Labute approximate surface area is 257 Å². The Balaban J connectivity index is 0.00000462. The number of benzene rings is 3. The molecule has 2 atom stereocenters. The number of rotatable bonds is 12. The van der Waals surface area contributed by atoms with Crippen molar-refractivity contribution < 1.29 is 38.7 Å². The number of carbonyl (C=O) groups is 2. The van der Waals surface area contributed by atoms with Crippen molar-refractivity contribution in [3.63, 3.8) is 0 Å². The molecule has 3 aromatic carbocycles. The number of aryl methyl sites for hydroxylation is 3. The van der Waals surface area contributed by atoms with E-state index in [9.17, 15) is 19.8 Å². The molecule has 0 saturated carbocycles. The molecule has 1 heterocycles. The van der Waals surface area contributed by atoms with E-state index in [1.807, 2.05) is 86.0 Å². The van der Waals surface area contributed by atoms with E-state index < -0.39 is 24.0 Å². The monoisotopic (exact) mass is 560 g/mol. The quantitative estimate of drug-likeness (QED) is 0.255. The number of amides is 1. The van der Waals surface area contributed by atoms with Crippen molar-refractivity contribution in [3.8, 4) is 11.1 Å². The van der Waals surface area contributed by atoms with Crippen molar-refractivity contribution in [1.82, 2.24) is 10.3 Å². The fourth-order valence-corrected chi connectivity index (χ4v) is 5.24. The van der Waals surface area contributed by atoms with Gasteiger partial charge in [-0.25, -0.2) is 0 Å². The zero-order valence-corrected chi connectivity index (χ0v) is 24.5. The van der Waals surface area contributed by atoms with E-state index in [0.717, 1.165) is 38.9 Å². The number of carboxylic acid groups (broad SMARTS) is 1. The van der Waals surface area contributed by atoms with Gasteiger partial charge in [-0.2, -0.15) is 11.8 Å². The number of carbonyl (C=O) groups excluding carboxylic acids is 2. The van der Waals surface area contributed by atoms with Gasteiger partial charge in [-0.15, -0.1) is 0 Å². The Morgan fingerprint density at radius 1 is 0.976 bits per heavy atom. The molecule has 4 rings (SSSR count). The molecule has 0 bridgehead atoms. The van der Waals surface area contributed by atoms with Crippen molar-refractivity contribution in [2.45, 2.75) is 38.3 Å². The number of carboxylic acids is 1. The molecule has 1 aromatic heterocycles. The second kappa shape index (κ2) is 15.6. The van der Waals surface area contributed by atoms with Crippen molar-refractivity contribution in [1.29, 1.82) is 0 Å². The van der Waals surface area contributed by atoms with Crippen LogP contribution in [-0.2, 0) is 17.6 Å². The molecule has 2 N–H and O–H groups in total. The second-order valence-corrected chi connectivity index (χ2v) is 10.7. The molecule has 0 saturated heterocycles. The molecular weight excluding hydrogens is 527 g/mol. The number of aliphatic hydroxyl groups is 1. The SMILES string of the molecule is CSCC[C@H](NC(=O)c1ccc(CCc2cnccc2C(O)c2ccccc2)cc1-c1ccccc1C)C(=O)[O-].[Li+]. The summed E-state index contributed by atoms with van der Waals surface area (Å²) < 4.78 is 0. The van der Waals surface area contributed by atoms with Crippen LogP contribution in [0.2, 0.25) is 0 Å². The molecule has 0 aliphatic carbocycles. The predicted octanol–water partition coefficient (Wildman–Crippen LogP) is 1.53. The average molecular weight is 561 g/mol. The fourth-order valence-electron chi connectivity index (χ4n) is 4.77. The molecule has 1 unspecified atom stereocenters. The number of hydrogen-bond acceptors (Lipinski definition) is 6. The molecular formula is C33H33LiN2O4S. The minimum atomic E-state index is -1.29. The summed E-state index contributed by atoms with van der Waals surface area (Å²) in [7, 11) is 0. The Hall–Kier alpha value is -3.34. The van der Waals surface area contributed by atoms with E-state index in [4.69, 9.17) is 0 Å². The van der Waals surface area contributed by atoms with Crippen LogP contribution in [0.1, 0.15) is 50.7 Å². The molecule has 0 aliphatic heterocycles. The fraction of sp³-hybridized carbons (Fsp3) is 0.242. The summed E-state index contributed by atoms with van der Waals surface area (Å²) >= 11 is 1.52. The van der Waals surface area contributed by atoms with Gasteiger partial charge in [-0.05, 0) is 89.3 Å². The Bertz CT molecular complexity index is 1460. The van der Waals surface area contributed by atoms with Gasteiger partial charge in [-0.1, -0.05) is 66.7 Å². The summed E-state index contributed by atoms with van der Waals surface area (Å²) in [6.07, 6.45) is 6.21. The minimum Gasteiger partial charge on any atom is -0.548 e. The summed E-state index contributed by atoms with van der Waals surface area (Å²) in [5.41, 5.74) is 6.66. The summed E-state index contributed by atoms with van der Waals surface area (Å²) in [5.74, 6) is -1.14. The van der Waals surface area contributed by atoms with Crippen LogP contribution in [-0.4, -0.2) is 40.0 Å². The summed E-state index contributed by atoms with van der Waals surface area (Å²) in [5, 5.41) is 25.4. The van der Waals surface area contributed by atoms with Crippen LogP contribution in [0.3, 0.4) is 0 Å². The number of pyridine rings is 1. The number of nitrogens with zero attached hydrogens (tertiary/aromatic N) is 1. The van der Waals surface area contributed by atoms with E-state index >= 15 is 0 Å². The third-order valence-corrected chi connectivity index (χ3v) is 7.64. The van der Waals surface area contributed by atoms with Crippen LogP contribution in [0.25, 0.3) is 11.1 Å². The van der Waals surface area contributed by atoms with Crippen LogP contribution in [0, 0.1) is 6.92 Å². The zero-order chi connectivity index (χ0) is 28.5. The van der Waals surface area contributed by atoms with Crippen molar-refractivity contribution in [3.05, 3.63) is 125 Å². The predicted molar refractivity (Wildman–Crippen MR) is 158 cm³/mol. The third-order valence-electron chi connectivity index (χ3n) is 7.00. The maximum absolute atomic E-state index is 13.3. The second-order valence-electron chi connectivity index (χ2n) is 9.71. The molecule has 1 amide bonds. The maximum Gasteiger partial charge on any atom is 1.00 e. The molecule has 41 heavy (non-hydrogen) atoms. The number of aliphatic carboxylic acids is 1. The number of hydrogen-bond donors (Lipinski definition) is 2. The zero-order valence-electron chi connectivity index (χ0n) is 23.7. The first-order chi connectivity index (χ1) is 19.4. The van der Waals surface area contributed by atoms with E-state index in [1.54, 1.807) is 18.5 Å². The van der Waals surface area contributed by atoms with Gasteiger partial charge < -0.3 is 20.3 Å². The molecule has 0 aliphatic rings. The van der Waals surface area contributed by atoms with Crippen LogP contribution in [0.4, 0.5) is 0 Å². The first-order valence-electron chi connectivity index (χ1n) is 13.2. The topological polar surface area (TPSA) is 102 Å². The molecule has 8 heteroatoms. The van der Waals surface area contributed by atoms with E-state index in [-0.39, 0.29) is 25.3 Å². The van der Waals surface area contributed by atoms with Crippen LogP contribution < -0.4 is 29.3 Å². The normalized spacial score (nSPS) is 12.2. The molecule has 0 spiro atoms. The summed E-state index contributed by atoms with van der Waals surface area (Å²) in [6, 6.07) is 23.8. The minimum absolute atomic E-state index is 0. The van der Waals surface area contributed by atoms with E-state index in [2.05, 4.69) is 10.3 Å².